The van der Waals surface area contributed by atoms with Gasteiger partial charge in [-0.15, -0.1) is 0 Å². The van der Waals surface area contributed by atoms with Crippen LogP contribution in [-0.4, -0.2) is 30.8 Å². The number of aryl methyl sites for hydroxylation is 2. The summed E-state index contributed by atoms with van der Waals surface area (Å²) in [7, 11) is 1.77. The van der Waals surface area contributed by atoms with E-state index >= 15 is 0 Å². The molecule has 1 N–H and O–H groups in total. The van der Waals surface area contributed by atoms with Crippen LogP contribution in [-0.2, 0) is 7.05 Å². The predicted octanol–water partition coefficient (Wildman–Crippen LogP) is 0.884. The number of carboxylic acids is 1. The molecule has 0 fully saturated rings. The molecule has 0 unspecified atom stereocenters. The number of rotatable bonds is 2. The van der Waals surface area contributed by atoms with Gasteiger partial charge in [0, 0.05) is 25.0 Å². The van der Waals surface area contributed by atoms with Crippen molar-refractivity contribution in [2.75, 3.05) is 0 Å². The molecule has 82 valence electrons. The molecule has 0 aliphatic rings. The van der Waals surface area contributed by atoms with Gasteiger partial charge in [0.2, 0.25) is 0 Å². The molecule has 0 aliphatic heterocycles. The van der Waals surface area contributed by atoms with Gasteiger partial charge in [0.1, 0.15) is 0 Å². The smallest absolute Gasteiger partial charge is 0.354 e. The monoisotopic (exact) mass is 218 g/mol. The number of hydrogen-bond acceptors (Lipinski definition) is 4. The van der Waals surface area contributed by atoms with Crippen molar-refractivity contribution in [2.45, 2.75) is 6.92 Å². The summed E-state index contributed by atoms with van der Waals surface area (Å²) in [5, 5.41) is 12.9. The fourth-order valence-corrected chi connectivity index (χ4v) is 1.33. The largest absolute Gasteiger partial charge is 0.477 e. The van der Waals surface area contributed by atoms with Crippen LogP contribution in [0.25, 0.3) is 11.4 Å². The summed E-state index contributed by atoms with van der Waals surface area (Å²) in [5.74, 6) is -0.679. The van der Waals surface area contributed by atoms with E-state index in [0.717, 1.165) is 0 Å². The van der Waals surface area contributed by atoms with Crippen molar-refractivity contribution in [1.29, 1.82) is 0 Å². The van der Waals surface area contributed by atoms with Gasteiger partial charge in [0.15, 0.2) is 11.5 Å². The first-order valence-corrected chi connectivity index (χ1v) is 4.64. The quantitative estimate of drug-likeness (QED) is 0.809. The third kappa shape index (κ3) is 1.77. The third-order valence-electron chi connectivity index (χ3n) is 2.14. The predicted molar refractivity (Wildman–Crippen MR) is 55.9 cm³/mol. The fraction of sp³-hybridized carbons (Fsp3) is 0.200. The summed E-state index contributed by atoms with van der Waals surface area (Å²) in [6.07, 6.45) is 4.82. The van der Waals surface area contributed by atoms with Gasteiger partial charge in [-0.1, -0.05) is 0 Å². The molecule has 0 atom stereocenters. The Morgan fingerprint density at radius 3 is 2.75 bits per heavy atom. The summed E-state index contributed by atoms with van der Waals surface area (Å²) in [5.41, 5.74) is 1.26. The summed E-state index contributed by atoms with van der Waals surface area (Å²) in [6.45, 7) is 1.66. The van der Waals surface area contributed by atoms with Crippen LogP contribution in [0, 0.1) is 6.92 Å². The van der Waals surface area contributed by atoms with E-state index in [4.69, 9.17) is 5.11 Å². The number of nitrogens with zero attached hydrogens (tertiary/aromatic N) is 4. The Balaban J connectivity index is 2.51. The fourth-order valence-electron chi connectivity index (χ4n) is 1.33. The van der Waals surface area contributed by atoms with E-state index in [0.29, 0.717) is 17.0 Å². The highest BCUT2D eigenvalue weighted by Crippen LogP contribution is 2.14. The Hall–Kier alpha value is -2.24. The molecule has 2 heterocycles. The molecular formula is C10H10N4O2. The van der Waals surface area contributed by atoms with Crippen LogP contribution < -0.4 is 0 Å². The van der Waals surface area contributed by atoms with E-state index < -0.39 is 5.97 Å². The summed E-state index contributed by atoms with van der Waals surface area (Å²) >= 11 is 0. The topological polar surface area (TPSA) is 80.9 Å². The van der Waals surface area contributed by atoms with E-state index in [1.165, 1.54) is 6.20 Å². The van der Waals surface area contributed by atoms with Crippen LogP contribution in [0.3, 0.4) is 0 Å². The molecule has 16 heavy (non-hydrogen) atoms. The molecular weight excluding hydrogens is 208 g/mol. The Labute approximate surface area is 91.6 Å². The van der Waals surface area contributed by atoms with E-state index in [9.17, 15) is 4.79 Å². The summed E-state index contributed by atoms with van der Waals surface area (Å²) in [4.78, 5) is 19.0. The van der Waals surface area contributed by atoms with Gasteiger partial charge in [-0.05, 0) is 6.92 Å². The van der Waals surface area contributed by atoms with Crippen molar-refractivity contribution in [2.24, 2.45) is 7.05 Å². The maximum atomic E-state index is 10.9. The molecule has 0 bridgehead atoms. The first-order valence-electron chi connectivity index (χ1n) is 4.64. The third-order valence-corrected chi connectivity index (χ3v) is 2.14. The number of carbonyl (C=O) groups is 1. The maximum Gasteiger partial charge on any atom is 0.354 e. The lowest BCUT2D eigenvalue weighted by molar-refractivity contribution is 0.0689. The number of hydrogen-bond donors (Lipinski definition) is 1. The zero-order valence-corrected chi connectivity index (χ0v) is 8.88. The lowest BCUT2D eigenvalue weighted by atomic mass is 10.2. The van der Waals surface area contributed by atoms with Crippen molar-refractivity contribution in [3.63, 3.8) is 0 Å². The molecule has 0 saturated carbocycles. The van der Waals surface area contributed by atoms with Crippen LogP contribution in [0.5, 0.6) is 0 Å². The molecule has 6 nitrogen and oxygen atoms in total. The van der Waals surface area contributed by atoms with Gasteiger partial charge < -0.3 is 5.11 Å². The van der Waals surface area contributed by atoms with Gasteiger partial charge >= 0.3 is 5.97 Å². The normalized spacial score (nSPS) is 10.4. The number of aromatic nitrogens is 4. The van der Waals surface area contributed by atoms with Crippen LogP contribution in [0.1, 0.15) is 16.1 Å². The minimum Gasteiger partial charge on any atom is -0.477 e. The van der Waals surface area contributed by atoms with Crippen molar-refractivity contribution < 1.29 is 9.90 Å². The van der Waals surface area contributed by atoms with E-state index in [1.807, 2.05) is 0 Å². The first kappa shape index (κ1) is 10.3. The Morgan fingerprint density at radius 1 is 1.44 bits per heavy atom. The first-order chi connectivity index (χ1) is 7.58. The minimum atomic E-state index is -1.05. The van der Waals surface area contributed by atoms with Crippen LogP contribution in [0.15, 0.2) is 18.6 Å². The second-order valence-electron chi connectivity index (χ2n) is 3.43. The highest BCUT2D eigenvalue weighted by molar-refractivity contribution is 5.87. The average Bonchev–Trinajstić information content (AvgIpc) is 2.65. The van der Waals surface area contributed by atoms with Gasteiger partial charge in [-0.2, -0.15) is 5.10 Å². The van der Waals surface area contributed by atoms with Crippen molar-refractivity contribution in [3.8, 4) is 11.4 Å². The zero-order chi connectivity index (χ0) is 11.7. The highest BCUT2D eigenvalue weighted by atomic mass is 16.4. The Kier molecular flexibility index (Phi) is 2.40. The van der Waals surface area contributed by atoms with Crippen molar-refractivity contribution in [3.05, 3.63) is 29.8 Å². The van der Waals surface area contributed by atoms with E-state index in [2.05, 4.69) is 15.1 Å². The molecule has 2 aromatic rings. The van der Waals surface area contributed by atoms with Crippen LogP contribution in [0.2, 0.25) is 0 Å². The molecule has 0 amide bonds. The lowest BCUT2D eigenvalue weighted by Gasteiger charge is -2.01. The second-order valence-corrected chi connectivity index (χ2v) is 3.43. The molecule has 2 aromatic heterocycles. The average molecular weight is 218 g/mol. The van der Waals surface area contributed by atoms with Crippen molar-refractivity contribution >= 4 is 5.97 Å². The minimum absolute atomic E-state index is 0.0221. The standard InChI is InChI=1S/C10H10N4O2/c1-6-3-11-9(13-8(6)10(15)16)7-4-12-14(2)5-7/h3-5H,1-2H3,(H,15,16). The molecule has 0 saturated heterocycles. The van der Waals surface area contributed by atoms with Crippen LogP contribution in [0.4, 0.5) is 0 Å². The molecule has 0 spiro atoms. The molecule has 6 heteroatoms. The molecule has 2 rings (SSSR count). The van der Waals surface area contributed by atoms with E-state index in [1.54, 1.807) is 31.0 Å². The van der Waals surface area contributed by atoms with Gasteiger partial charge in [0.25, 0.3) is 0 Å². The highest BCUT2D eigenvalue weighted by Gasteiger charge is 2.12. The SMILES string of the molecule is Cc1cnc(-c2cnn(C)c2)nc1C(=O)O. The molecule has 0 radical (unpaired) electrons. The Bertz CT molecular complexity index is 548. The molecule has 0 aromatic carbocycles. The summed E-state index contributed by atoms with van der Waals surface area (Å²) in [6, 6.07) is 0. The number of aromatic carboxylic acids is 1. The van der Waals surface area contributed by atoms with Gasteiger partial charge in [-0.25, -0.2) is 14.8 Å². The van der Waals surface area contributed by atoms with Crippen LogP contribution >= 0.6 is 0 Å². The van der Waals surface area contributed by atoms with Crippen molar-refractivity contribution in [1.82, 2.24) is 19.7 Å². The number of carboxylic acid groups (broad SMARTS) is 1. The van der Waals surface area contributed by atoms with Gasteiger partial charge in [0.05, 0.1) is 11.8 Å². The zero-order valence-electron chi connectivity index (χ0n) is 8.88. The lowest BCUT2D eigenvalue weighted by Crippen LogP contribution is -2.05. The Morgan fingerprint density at radius 2 is 2.19 bits per heavy atom. The maximum absolute atomic E-state index is 10.9. The van der Waals surface area contributed by atoms with E-state index in [-0.39, 0.29) is 5.69 Å². The molecule has 0 aliphatic carbocycles. The second kappa shape index (κ2) is 3.73. The van der Waals surface area contributed by atoms with Gasteiger partial charge in [-0.3, -0.25) is 4.68 Å². The summed E-state index contributed by atoms with van der Waals surface area (Å²) < 4.78 is 1.61.